The number of aliphatic carboxylic acids is 1. The lowest BCUT2D eigenvalue weighted by molar-refractivity contribution is -0.150. The first-order valence-electron chi connectivity index (χ1n) is 5.72. The molecule has 108 valence electrons. The van der Waals surface area contributed by atoms with Crippen LogP contribution >= 0.6 is 0 Å². The van der Waals surface area contributed by atoms with Crippen molar-refractivity contribution in [3.8, 4) is 0 Å². The van der Waals surface area contributed by atoms with E-state index < -0.39 is 41.5 Å². The van der Waals surface area contributed by atoms with Crippen molar-refractivity contribution in [2.75, 3.05) is 5.32 Å². The average molecular weight is 289 g/mol. The van der Waals surface area contributed by atoms with Crippen LogP contribution < -0.4 is 5.32 Å². The largest absolute Gasteiger partial charge is 0.479 e. The fourth-order valence-electron chi connectivity index (χ4n) is 1.86. The van der Waals surface area contributed by atoms with Gasteiger partial charge < -0.3 is 15.2 Å². The molecule has 0 radical (unpaired) electrons. The molecule has 1 aliphatic rings. The Kier molecular flexibility index (Phi) is 3.93. The minimum atomic E-state index is -1.63. The van der Waals surface area contributed by atoms with E-state index in [1.165, 1.54) is 0 Å². The van der Waals surface area contributed by atoms with Gasteiger partial charge in [0.25, 0.3) is 5.91 Å². The number of carboxylic acid groups (broad SMARTS) is 1. The molecule has 1 aliphatic heterocycles. The van der Waals surface area contributed by atoms with Crippen LogP contribution in [0.3, 0.4) is 0 Å². The maximum atomic E-state index is 13.0. The molecule has 1 fully saturated rings. The average Bonchev–Trinajstić information content (AvgIpc) is 2.85. The standard InChI is InChI=1S/C12H10F3NO4/c13-6-3-5(4-7(14)10(6)15)16-11(17)8-1-2-9(20-8)12(18)19/h3-4,8-9H,1-2H2,(H,16,17)(H,18,19). The molecule has 1 aromatic carbocycles. The molecular formula is C12H10F3NO4. The molecule has 2 rings (SSSR count). The highest BCUT2D eigenvalue weighted by Gasteiger charge is 2.34. The number of halogens is 3. The smallest absolute Gasteiger partial charge is 0.332 e. The van der Waals surface area contributed by atoms with Gasteiger partial charge in [-0.05, 0) is 12.8 Å². The molecule has 0 bridgehead atoms. The van der Waals surface area contributed by atoms with E-state index in [1.54, 1.807) is 0 Å². The number of carboxylic acids is 1. The van der Waals surface area contributed by atoms with Crippen molar-refractivity contribution in [2.45, 2.75) is 25.0 Å². The zero-order valence-electron chi connectivity index (χ0n) is 10.0. The van der Waals surface area contributed by atoms with E-state index in [-0.39, 0.29) is 18.5 Å². The van der Waals surface area contributed by atoms with E-state index in [1.807, 2.05) is 0 Å². The van der Waals surface area contributed by atoms with Gasteiger partial charge in [0.2, 0.25) is 0 Å². The third-order valence-electron chi connectivity index (χ3n) is 2.84. The topological polar surface area (TPSA) is 75.6 Å². The molecular weight excluding hydrogens is 279 g/mol. The quantitative estimate of drug-likeness (QED) is 0.830. The molecule has 20 heavy (non-hydrogen) atoms. The molecule has 0 saturated carbocycles. The summed E-state index contributed by atoms with van der Waals surface area (Å²) in [6, 6.07) is 1.25. The Labute approximate surface area is 111 Å². The van der Waals surface area contributed by atoms with Crippen molar-refractivity contribution in [1.82, 2.24) is 0 Å². The summed E-state index contributed by atoms with van der Waals surface area (Å²) in [5.74, 6) is -6.42. The Morgan fingerprint density at radius 1 is 1.15 bits per heavy atom. The molecule has 5 nitrogen and oxygen atoms in total. The van der Waals surface area contributed by atoms with E-state index >= 15 is 0 Å². The van der Waals surface area contributed by atoms with Gasteiger partial charge in [0.05, 0.1) is 0 Å². The van der Waals surface area contributed by atoms with Gasteiger partial charge in [-0.2, -0.15) is 0 Å². The predicted octanol–water partition coefficient (Wildman–Crippen LogP) is 1.67. The summed E-state index contributed by atoms with van der Waals surface area (Å²) in [7, 11) is 0. The van der Waals surface area contributed by atoms with E-state index in [4.69, 9.17) is 9.84 Å². The highest BCUT2D eigenvalue weighted by molar-refractivity contribution is 5.94. The molecule has 0 aliphatic carbocycles. The van der Waals surface area contributed by atoms with Gasteiger partial charge in [0.15, 0.2) is 23.6 Å². The molecule has 1 amide bonds. The first kappa shape index (κ1) is 14.3. The third kappa shape index (κ3) is 2.90. The number of nitrogens with one attached hydrogen (secondary N) is 1. The zero-order valence-corrected chi connectivity index (χ0v) is 10.0. The first-order chi connectivity index (χ1) is 9.38. The molecule has 1 heterocycles. The van der Waals surface area contributed by atoms with Crippen LogP contribution in [0.15, 0.2) is 12.1 Å². The van der Waals surface area contributed by atoms with Crippen LogP contribution in [0.4, 0.5) is 18.9 Å². The summed E-state index contributed by atoms with van der Waals surface area (Å²) < 4.78 is 43.6. The lowest BCUT2D eigenvalue weighted by Gasteiger charge is -2.12. The number of rotatable bonds is 3. The summed E-state index contributed by atoms with van der Waals surface area (Å²) in [5, 5.41) is 10.9. The van der Waals surface area contributed by atoms with Crippen LogP contribution in [0.25, 0.3) is 0 Å². The maximum Gasteiger partial charge on any atom is 0.332 e. The lowest BCUT2D eigenvalue weighted by atomic mass is 10.2. The zero-order chi connectivity index (χ0) is 14.9. The molecule has 2 atom stereocenters. The van der Waals surface area contributed by atoms with E-state index in [9.17, 15) is 22.8 Å². The number of ether oxygens (including phenoxy) is 1. The number of hydrogen-bond acceptors (Lipinski definition) is 3. The molecule has 8 heteroatoms. The summed E-state index contributed by atoms with van der Waals surface area (Å²) in [4.78, 5) is 22.4. The normalized spacial score (nSPS) is 21.8. The monoisotopic (exact) mass is 289 g/mol. The van der Waals surface area contributed by atoms with E-state index in [2.05, 4.69) is 5.32 Å². The SMILES string of the molecule is O=C(O)C1CCC(C(=O)Nc2cc(F)c(F)c(F)c2)O1. The van der Waals surface area contributed by atoms with Crippen LogP contribution in [0.5, 0.6) is 0 Å². The van der Waals surface area contributed by atoms with Crippen LogP contribution in [-0.4, -0.2) is 29.2 Å². The summed E-state index contributed by atoms with van der Waals surface area (Å²) in [6.07, 6.45) is -1.76. The Balaban J connectivity index is 2.04. The Hall–Kier alpha value is -2.09. The van der Waals surface area contributed by atoms with Gasteiger partial charge in [-0.3, -0.25) is 4.79 Å². The first-order valence-corrected chi connectivity index (χ1v) is 5.72. The molecule has 2 N–H and O–H groups in total. The molecule has 0 spiro atoms. The van der Waals surface area contributed by atoms with Crippen molar-refractivity contribution in [2.24, 2.45) is 0 Å². The Bertz CT molecular complexity index is 541. The van der Waals surface area contributed by atoms with Crippen molar-refractivity contribution < 1.29 is 32.6 Å². The number of carbonyl (C=O) groups excluding carboxylic acids is 1. The highest BCUT2D eigenvalue weighted by Crippen LogP contribution is 2.22. The minimum absolute atomic E-state index is 0.166. The summed E-state index contributed by atoms with van der Waals surface area (Å²) in [5.41, 5.74) is -0.270. The van der Waals surface area contributed by atoms with Crippen molar-refractivity contribution >= 4 is 17.6 Å². The van der Waals surface area contributed by atoms with Crippen molar-refractivity contribution in [3.05, 3.63) is 29.6 Å². The lowest BCUT2D eigenvalue weighted by Crippen LogP contribution is -2.30. The van der Waals surface area contributed by atoms with Crippen molar-refractivity contribution in [1.29, 1.82) is 0 Å². The molecule has 1 saturated heterocycles. The van der Waals surface area contributed by atoms with Crippen LogP contribution in [0.2, 0.25) is 0 Å². The number of benzene rings is 1. The van der Waals surface area contributed by atoms with Gasteiger partial charge in [0.1, 0.15) is 6.10 Å². The second-order valence-corrected chi connectivity index (χ2v) is 4.27. The van der Waals surface area contributed by atoms with Gasteiger partial charge >= 0.3 is 5.97 Å². The van der Waals surface area contributed by atoms with E-state index in [0.717, 1.165) is 0 Å². The van der Waals surface area contributed by atoms with Crippen molar-refractivity contribution in [3.63, 3.8) is 0 Å². The third-order valence-corrected chi connectivity index (χ3v) is 2.84. The molecule has 0 aromatic heterocycles. The maximum absolute atomic E-state index is 13.0. The number of anilines is 1. The second kappa shape index (κ2) is 5.49. The van der Waals surface area contributed by atoms with Gasteiger partial charge in [-0.15, -0.1) is 0 Å². The van der Waals surface area contributed by atoms with E-state index in [0.29, 0.717) is 12.1 Å². The fourth-order valence-corrected chi connectivity index (χ4v) is 1.86. The fraction of sp³-hybridized carbons (Fsp3) is 0.333. The Morgan fingerprint density at radius 2 is 1.70 bits per heavy atom. The summed E-state index contributed by atoms with van der Waals surface area (Å²) in [6.45, 7) is 0. The number of hydrogen-bond donors (Lipinski definition) is 2. The van der Waals surface area contributed by atoms with Gasteiger partial charge in [-0.1, -0.05) is 0 Å². The van der Waals surface area contributed by atoms with Crippen LogP contribution in [0, 0.1) is 17.5 Å². The van der Waals surface area contributed by atoms with Gasteiger partial charge in [0, 0.05) is 17.8 Å². The van der Waals surface area contributed by atoms with Crippen LogP contribution in [0.1, 0.15) is 12.8 Å². The minimum Gasteiger partial charge on any atom is -0.479 e. The predicted molar refractivity (Wildman–Crippen MR) is 60.5 cm³/mol. The number of carbonyl (C=O) groups is 2. The second-order valence-electron chi connectivity index (χ2n) is 4.27. The molecule has 2 unspecified atom stereocenters. The van der Waals surface area contributed by atoms with Crippen LogP contribution in [-0.2, 0) is 14.3 Å². The molecule has 1 aromatic rings. The number of amides is 1. The Morgan fingerprint density at radius 3 is 2.20 bits per heavy atom. The summed E-state index contributed by atoms with van der Waals surface area (Å²) >= 11 is 0. The van der Waals surface area contributed by atoms with Gasteiger partial charge in [-0.25, -0.2) is 18.0 Å². The highest BCUT2D eigenvalue weighted by atomic mass is 19.2.